The first-order chi connectivity index (χ1) is 8.56. The van der Waals surface area contributed by atoms with Crippen molar-refractivity contribution in [3.8, 4) is 0 Å². The van der Waals surface area contributed by atoms with E-state index in [1.165, 1.54) is 6.07 Å². The summed E-state index contributed by atoms with van der Waals surface area (Å²) in [6, 6.07) is 3.48. The Hall–Kier alpha value is -1.49. The number of nitrogens with two attached hydrogens (primary N) is 1. The van der Waals surface area contributed by atoms with Crippen LogP contribution < -0.4 is 11.1 Å². The van der Waals surface area contributed by atoms with Crippen LogP contribution in [0.5, 0.6) is 0 Å². The summed E-state index contributed by atoms with van der Waals surface area (Å²) in [4.78, 5) is 11.7. The van der Waals surface area contributed by atoms with Gasteiger partial charge in [-0.3, -0.25) is 4.79 Å². The minimum atomic E-state index is -0.933. The highest BCUT2D eigenvalue weighted by Crippen LogP contribution is 2.17. The highest BCUT2D eigenvalue weighted by Gasteiger charge is 2.25. The Morgan fingerprint density at radius 1 is 1.33 bits per heavy atom. The highest BCUT2D eigenvalue weighted by molar-refractivity contribution is 5.79. The molecule has 3 nitrogen and oxygen atoms in total. The quantitative estimate of drug-likeness (QED) is 0.859. The van der Waals surface area contributed by atoms with Gasteiger partial charge in [0.05, 0.1) is 6.42 Å². The summed E-state index contributed by atoms with van der Waals surface area (Å²) in [5.41, 5.74) is 6.30. The molecule has 98 valence electrons. The SMILES string of the molecule is NC1CCCC1NC(=O)Cc1ccc(F)c(F)c1. The zero-order valence-corrected chi connectivity index (χ0v) is 9.96. The Balaban J connectivity index is 1.92. The van der Waals surface area contributed by atoms with Crippen molar-refractivity contribution in [1.29, 1.82) is 0 Å². The van der Waals surface area contributed by atoms with Gasteiger partial charge in [0.1, 0.15) is 0 Å². The van der Waals surface area contributed by atoms with Crippen molar-refractivity contribution in [2.45, 2.75) is 37.8 Å². The number of benzene rings is 1. The molecular weight excluding hydrogens is 238 g/mol. The average molecular weight is 254 g/mol. The summed E-state index contributed by atoms with van der Waals surface area (Å²) < 4.78 is 25.7. The van der Waals surface area contributed by atoms with Crippen LogP contribution in [0.25, 0.3) is 0 Å². The van der Waals surface area contributed by atoms with Crippen molar-refractivity contribution in [2.24, 2.45) is 5.73 Å². The van der Waals surface area contributed by atoms with Gasteiger partial charge < -0.3 is 11.1 Å². The van der Waals surface area contributed by atoms with E-state index in [1.807, 2.05) is 0 Å². The van der Waals surface area contributed by atoms with E-state index >= 15 is 0 Å². The van der Waals surface area contributed by atoms with Gasteiger partial charge in [-0.25, -0.2) is 8.78 Å². The first kappa shape index (κ1) is 13.0. The van der Waals surface area contributed by atoms with Crippen LogP contribution in [0.4, 0.5) is 8.78 Å². The smallest absolute Gasteiger partial charge is 0.224 e. The summed E-state index contributed by atoms with van der Waals surface area (Å²) in [6.45, 7) is 0. The van der Waals surface area contributed by atoms with Gasteiger partial charge in [-0.15, -0.1) is 0 Å². The Labute approximate surface area is 104 Å². The maximum atomic E-state index is 13.0. The summed E-state index contributed by atoms with van der Waals surface area (Å²) in [5, 5.41) is 2.83. The van der Waals surface area contributed by atoms with Gasteiger partial charge in [-0.05, 0) is 37.0 Å². The van der Waals surface area contributed by atoms with Crippen LogP contribution in [0.3, 0.4) is 0 Å². The number of halogens is 2. The summed E-state index contributed by atoms with van der Waals surface area (Å²) in [6.07, 6.45) is 2.85. The molecule has 1 aliphatic rings. The van der Waals surface area contributed by atoms with Gasteiger partial charge in [-0.1, -0.05) is 6.07 Å². The fraction of sp³-hybridized carbons (Fsp3) is 0.462. The van der Waals surface area contributed by atoms with E-state index in [0.717, 1.165) is 31.4 Å². The first-order valence-electron chi connectivity index (χ1n) is 6.05. The van der Waals surface area contributed by atoms with E-state index in [9.17, 15) is 13.6 Å². The molecule has 0 heterocycles. The lowest BCUT2D eigenvalue weighted by atomic mass is 10.1. The number of hydrogen-bond donors (Lipinski definition) is 2. The molecule has 0 aromatic heterocycles. The van der Waals surface area contributed by atoms with Crippen molar-refractivity contribution in [2.75, 3.05) is 0 Å². The van der Waals surface area contributed by atoms with Crippen LogP contribution in [0.1, 0.15) is 24.8 Å². The van der Waals surface area contributed by atoms with Crippen LogP contribution >= 0.6 is 0 Å². The molecule has 1 aromatic rings. The molecule has 5 heteroatoms. The molecular formula is C13H16F2N2O. The van der Waals surface area contributed by atoms with E-state index in [2.05, 4.69) is 5.32 Å². The van der Waals surface area contributed by atoms with E-state index < -0.39 is 11.6 Å². The minimum absolute atomic E-state index is 0.00101. The topological polar surface area (TPSA) is 55.1 Å². The Morgan fingerprint density at radius 3 is 2.72 bits per heavy atom. The summed E-state index contributed by atoms with van der Waals surface area (Å²) in [5.74, 6) is -2.04. The Bertz CT molecular complexity index is 451. The number of carbonyl (C=O) groups excluding carboxylic acids is 1. The molecule has 1 amide bonds. The molecule has 2 atom stereocenters. The van der Waals surface area contributed by atoms with E-state index in [-0.39, 0.29) is 24.4 Å². The fourth-order valence-corrected chi connectivity index (χ4v) is 2.26. The number of nitrogens with one attached hydrogen (secondary N) is 1. The number of carbonyl (C=O) groups is 1. The van der Waals surface area contributed by atoms with Gasteiger partial charge in [-0.2, -0.15) is 0 Å². The molecule has 1 aliphatic carbocycles. The normalized spacial score (nSPS) is 23.1. The lowest BCUT2D eigenvalue weighted by molar-refractivity contribution is -0.121. The summed E-state index contributed by atoms with van der Waals surface area (Å²) in [7, 11) is 0. The van der Waals surface area contributed by atoms with Crippen LogP contribution in [-0.2, 0) is 11.2 Å². The predicted molar refractivity (Wildman–Crippen MR) is 63.8 cm³/mol. The molecule has 1 saturated carbocycles. The standard InChI is InChI=1S/C13H16F2N2O/c14-9-5-4-8(6-10(9)15)7-13(18)17-12-3-1-2-11(12)16/h4-6,11-12H,1-3,7,16H2,(H,17,18). The summed E-state index contributed by atoms with van der Waals surface area (Å²) >= 11 is 0. The van der Waals surface area contributed by atoms with Crippen LogP contribution in [0, 0.1) is 11.6 Å². The maximum Gasteiger partial charge on any atom is 0.224 e. The third kappa shape index (κ3) is 3.04. The Kier molecular flexibility index (Phi) is 3.91. The van der Waals surface area contributed by atoms with Crippen molar-refractivity contribution < 1.29 is 13.6 Å². The second-order valence-corrected chi connectivity index (χ2v) is 4.69. The molecule has 2 unspecified atom stereocenters. The maximum absolute atomic E-state index is 13.0. The molecule has 0 radical (unpaired) electrons. The zero-order valence-electron chi connectivity index (χ0n) is 9.96. The molecule has 3 N–H and O–H groups in total. The van der Waals surface area contributed by atoms with Gasteiger partial charge >= 0.3 is 0 Å². The van der Waals surface area contributed by atoms with Gasteiger partial charge in [0.25, 0.3) is 0 Å². The van der Waals surface area contributed by atoms with Crippen molar-refractivity contribution >= 4 is 5.91 Å². The lowest BCUT2D eigenvalue weighted by Gasteiger charge is -2.17. The van der Waals surface area contributed by atoms with Crippen LogP contribution in [0.2, 0.25) is 0 Å². The highest BCUT2D eigenvalue weighted by atomic mass is 19.2. The van der Waals surface area contributed by atoms with Crippen molar-refractivity contribution in [3.05, 3.63) is 35.4 Å². The largest absolute Gasteiger partial charge is 0.352 e. The van der Waals surface area contributed by atoms with Crippen molar-refractivity contribution in [3.63, 3.8) is 0 Å². The van der Waals surface area contributed by atoms with E-state index in [0.29, 0.717) is 5.56 Å². The number of hydrogen-bond acceptors (Lipinski definition) is 2. The molecule has 2 rings (SSSR count). The molecule has 0 bridgehead atoms. The lowest BCUT2D eigenvalue weighted by Crippen LogP contribution is -2.44. The van der Waals surface area contributed by atoms with Gasteiger partial charge in [0.2, 0.25) is 5.91 Å². The Morgan fingerprint density at radius 2 is 2.11 bits per heavy atom. The molecule has 0 spiro atoms. The van der Waals surface area contributed by atoms with Crippen LogP contribution in [-0.4, -0.2) is 18.0 Å². The van der Waals surface area contributed by atoms with E-state index in [1.54, 1.807) is 0 Å². The zero-order chi connectivity index (χ0) is 13.1. The van der Waals surface area contributed by atoms with E-state index in [4.69, 9.17) is 5.73 Å². The molecule has 0 saturated heterocycles. The predicted octanol–water partition coefficient (Wildman–Crippen LogP) is 1.50. The third-order valence-electron chi connectivity index (χ3n) is 3.26. The fourth-order valence-electron chi connectivity index (χ4n) is 2.26. The van der Waals surface area contributed by atoms with Crippen molar-refractivity contribution in [1.82, 2.24) is 5.32 Å². The number of rotatable bonds is 3. The first-order valence-corrected chi connectivity index (χ1v) is 6.05. The average Bonchev–Trinajstić information content (AvgIpc) is 2.70. The third-order valence-corrected chi connectivity index (χ3v) is 3.26. The molecule has 18 heavy (non-hydrogen) atoms. The monoisotopic (exact) mass is 254 g/mol. The number of amides is 1. The molecule has 1 aromatic carbocycles. The van der Waals surface area contributed by atoms with Gasteiger partial charge in [0.15, 0.2) is 11.6 Å². The molecule has 1 fully saturated rings. The molecule has 0 aliphatic heterocycles. The second-order valence-electron chi connectivity index (χ2n) is 4.69. The van der Waals surface area contributed by atoms with Crippen LogP contribution in [0.15, 0.2) is 18.2 Å². The second kappa shape index (κ2) is 5.44. The minimum Gasteiger partial charge on any atom is -0.352 e. The van der Waals surface area contributed by atoms with Gasteiger partial charge in [0, 0.05) is 12.1 Å².